The highest BCUT2D eigenvalue weighted by Gasteiger charge is 2.18. The zero-order chi connectivity index (χ0) is 27.9. The van der Waals surface area contributed by atoms with Crippen molar-refractivity contribution >= 4 is 17.9 Å². The van der Waals surface area contributed by atoms with Crippen molar-refractivity contribution in [2.75, 3.05) is 7.11 Å². The first-order valence-electron chi connectivity index (χ1n) is 12.9. The second-order valence-corrected chi connectivity index (χ2v) is 8.17. The highest BCUT2D eigenvalue weighted by Crippen LogP contribution is 2.22. The third-order valence-corrected chi connectivity index (χ3v) is 5.61. The summed E-state index contributed by atoms with van der Waals surface area (Å²) in [7, 11) is 1.55. The number of ether oxygens (including phenoxy) is 4. The summed E-state index contributed by atoms with van der Waals surface area (Å²) in [6, 6.07) is 18.9. The molecule has 7 nitrogen and oxygen atoms in total. The molecule has 0 saturated carbocycles. The average Bonchev–Trinajstić information content (AvgIpc) is 2.96. The number of rotatable bonds is 11. The van der Waals surface area contributed by atoms with Gasteiger partial charge in [-0.25, -0.2) is 9.59 Å². The van der Waals surface area contributed by atoms with E-state index in [1.54, 1.807) is 55.6 Å². The van der Waals surface area contributed by atoms with E-state index >= 15 is 0 Å². The highest BCUT2D eigenvalue weighted by molar-refractivity contribution is 5.92. The van der Waals surface area contributed by atoms with Gasteiger partial charge in [-0.3, -0.25) is 4.79 Å². The molecule has 0 aliphatic rings. The van der Waals surface area contributed by atoms with E-state index in [2.05, 4.69) is 6.92 Å². The first kappa shape index (κ1) is 30.1. The summed E-state index contributed by atoms with van der Waals surface area (Å²) >= 11 is 0. The molecule has 0 radical (unpaired) electrons. The van der Waals surface area contributed by atoms with Crippen molar-refractivity contribution in [2.45, 2.75) is 53.4 Å². The minimum atomic E-state index is -0.571. The molecule has 38 heavy (non-hydrogen) atoms. The number of carbonyl (C=O) groups excluding carboxylic acids is 3. The average molecular weight is 521 g/mol. The van der Waals surface area contributed by atoms with Crippen LogP contribution in [-0.2, 0) is 4.79 Å². The summed E-state index contributed by atoms with van der Waals surface area (Å²) in [4.78, 5) is 37.1. The number of unbranched alkanes of at least 4 members (excludes halogenated alkanes) is 1. The molecule has 7 heteroatoms. The summed E-state index contributed by atoms with van der Waals surface area (Å²) in [5.74, 6) is 0.179. The van der Waals surface area contributed by atoms with E-state index < -0.39 is 11.9 Å². The third-order valence-electron chi connectivity index (χ3n) is 5.61. The molecule has 0 aliphatic carbocycles. The molecule has 0 amide bonds. The number of benzene rings is 3. The first-order chi connectivity index (χ1) is 18.4. The van der Waals surface area contributed by atoms with Gasteiger partial charge in [-0.05, 0) is 85.6 Å². The van der Waals surface area contributed by atoms with Crippen LogP contribution in [0.15, 0.2) is 72.8 Å². The minimum absolute atomic E-state index is 0.124. The van der Waals surface area contributed by atoms with Gasteiger partial charge in [0.05, 0.1) is 24.2 Å². The summed E-state index contributed by atoms with van der Waals surface area (Å²) in [6.45, 7) is 8.06. The number of esters is 3. The molecule has 0 aliphatic heterocycles. The van der Waals surface area contributed by atoms with E-state index in [1.807, 2.05) is 20.8 Å². The van der Waals surface area contributed by atoms with Crippen molar-refractivity contribution in [3.63, 3.8) is 0 Å². The van der Waals surface area contributed by atoms with E-state index in [0.29, 0.717) is 28.6 Å². The van der Waals surface area contributed by atoms with Crippen LogP contribution in [-0.4, -0.2) is 25.0 Å². The standard InChI is InChI=1S/C29H30O7.C2H6/c1-4-6-7-20(5-2)27(30)34-25-16-18-26(19-17-25)36-29(32)22-10-14-24(15-11-22)35-28(31)21-8-12-23(33-3)13-9-21;1-2/h8-20H,4-7H2,1-3H3;1-2H3. The fourth-order valence-corrected chi connectivity index (χ4v) is 3.43. The molecule has 0 N–H and O–H groups in total. The Morgan fingerprint density at radius 2 is 1.03 bits per heavy atom. The Labute approximate surface area is 224 Å². The van der Waals surface area contributed by atoms with Crippen LogP contribution in [0.1, 0.15) is 74.1 Å². The Hall–Kier alpha value is -4.13. The number of methoxy groups -OCH3 is 1. The zero-order valence-electron chi connectivity index (χ0n) is 22.7. The Morgan fingerprint density at radius 3 is 1.42 bits per heavy atom. The van der Waals surface area contributed by atoms with Crippen molar-refractivity contribution in [1.29, 1.82) is 0 Å². The van der Waals surface area contributed by atoms with Gasteiger partial charge in [0.25, 0.3) is 0 Å². The Balaban J connectivity index is 0.00000247. The molecule has 0 aromatic heterocycles. The maximum Gasteiger partial charge on any atom is 0.343 e. The van der Waals surface area contributed by atoms with Crippen molar-refractivity contribution < 1.29 is 33.3 Å². The molecule has 3 rings (SSSR count). The van der Waals surface area contributed by atoms with E-state index in [9.17, 15) is 14.4 Å². The quantitative estimate of drug-likeness (QED) is 0.194. The largest absolute Gasteiger partial charge is 0.497 e. The molecule has 0 spiro atoms. The van der Waals surface area contributed by atoms with Gasteiger partial charge in [-0.2, -0.15) is 0 Å². The van der Waals surface area contributed by atoms with Crippen LogP contribution in [0.25, 0.3) is 0 Å². The van der Waals surface area contributed by atoms with Gasteiger partial charge in [0.1, 0.15) is 23.0 Å². The molecule has 1 unspecified atom stereocenters. The predicted molar refractivity (Wildman–Crippen MR) is 146 cm³/mol. The fraction of sp³-hybridized carbons (Fsp3) is 0.323. The maximum atomic E-state index is 12.5. The number of carbonyl (C=O) groups is 3. The van der Waals surface area contributed by atoms with Crippen LogP contribution < -0.4 is 18.9 Å². The van der Waals surface area contributed by atoms with Gasteiger partial charge in [0.2, 0.25) is 0 Å². The molecule has 0 heterocycles. The summed E-state index contributed by atoms with van der Waals surface area (Å²) < 4.78 is 21.3. The molecular formula is C31H36O7. The van der Waals surface area contributed by atoms with Gasteiger partial charge in [0, 0.05) is 0 Å². The lowest BCUT2D eigenvalue weighted by Gasteiger charge is -2.13. The SMILES string of the molecule is CC.CCCCC(CC)C(=O)Oc1ccc(OC(=O)c2ccc(OC(=O)c3ccc(OC)cc3)cc2)cc1. The Bertz CT molecular complexity index is 1150. The molecule has 202 valence electrons. The van der Waals surface area contributed by atoms with Crippen molar-refractivity contribution in [3.8, 4) is 23.0 Å². The zero-order valence-corrected chi connectivity index (χ0v) is 22.7. The number of hydrogen-bond donors (Lipinski definition) is 0. The fourth-order valence-electron chi connectivity index (χ4n) is 3.43. The van der Waals surface area contributed by atoms with Crippen LogP contribution in [0, 0.1) is 5.92 Å². The lowest BCUT2D eigenvalue weighted by atomic mass is 10.00. The van der Waals surface area contributed by atoms with E-state index in [-0.39, 0.29) is 17.5 Å². The molecular weight excluding hydrogens is 484 g/mol. The summed E-state index contributed by atoms with van der Waals surface area (Å²) in [5.41, 5.74) is 0.663. The monoisotopic (exact) mass is 520 g/mol. The Morgan fingerprint density at radius 1 is 0.632 bits per heavy atom. The predicted octanol–water partition coefficient (Wildman–Crippen LogP) is 7.28. The maximum absolute atomic E-state index is 12.5. The van der Waals surface area contributed by atoms with Gasteiger partial charge in [-0.1, -0.05) is 40.5 Å². The van der Waals surface area contributed by atoms with Gasteiger partial charge >= 0.3 is 17.9 Å². The minimum Gasteiger partial charge on any atom is -0.497 e. The van der Waals surface area contributed by atoms with E-state index in [1.165, 1.54) is 24.3 Å². The first-order valence-corrected chi connectivity index (χ1v) is 12.9. The molecule has 1 atom stereocenters. The molecule has 0 saturated heterocycles. The lowest BCUT2D eigenvalue weighted by molar-refractivity contribution is -0.139. The van der Waals surface area contributed by atoms with Gasteiger partial charge < -0.3 is 18.9 Å². The van der Waals surface area contributed by atoms with Crippen LogP contribution >= 0.6 is 0 Å². The molecule has 0 bridgehead atoms. The summed E-state index contributed by atoms with van der Waals surface area (Å²) in [5, 5.41) is 0. The normalized spacial score (nSPS) is 10.9. The molecule has 0 fully saturated rings. The highest BCUT2D eigenvalue weighted by atomic mass is 16.5. The van der Waals surface area contributed by atoms with Crippen molar-refractivity contribution in [1.82, 2.24) is 0 Å². The van der Waals surface area contributed by atoms with Gasteiger partial charge in [0.15, 0.2) is 0 Å². The third kappa shape index (κ3) is 9.07. The second-order valence-electron chi connectivity index (χ2n) is 8.17. The smallest absolute Gasteiger partial charge is 0.343 e. The van der Waals surface area contributed by atoms with E-state index in [4.69, 9.17) is 18.9 Å². The van der Waals surface area contributed by atoms with Crippen LogP contribution in [0.5, 0.6) is 23.0 Å². The Kier molecular flexibility index (Phi) is 12.6. The van der Waals surface area contributed by atoms with Crippen molar-refractivity contribution in [3.05, 3.63) is 83.9 Å². The lowest BCUT2D eigenvalue weighted by Crippen LogP contribution is -2.20. The topological polar surface area (TPSA) is 88.1 Å². The second kappa shape index (κ2) is 15.9. The van der Waals surface area contributed by atoms with Crippen LogP contribution in [0.3, 0.4) is 0 Å². The van der Waals surface area contributed by atoms with Crippen LogP contribution in [0.2, 0.25) is 0 Å². The molecule has 3 aromatic carbocycles. The van der Waals surface area contributed by atoms with E-state index in [0.717, 1.165) is 25.7 Å². The summed E-state index contributed by atoms with van der Waals surface area (Å²) in [6.07, 6.45) is 3.55. The number of hydrogen-bond acceptors (Lipinski definition) is 7. The van der Waals surface area contributed by atoms with Crippen LogP contribution in [0.4, 0.5) is 0 Å². The molecule has 3 aromatic rings. The van der Waals surface area contributed by atoms with Crippen molar-refractivity contribution in [2.24, 2.45) is 5.92 Å². The van der Waals surface area contributed by atoms with Gasteiger partial charge in [-0.15, -0.1) is 0 Å².